The number of piperazine rings is 1. The Morgan fingerprint density at radius 2 is 1.88 bits per heavy atom. The predicted octanol–water partition coefficient (Wildman–Crippen LogP) is -0.879. The minimum absolute atomic E-state index is 0.204. The molecule has 5 heteroatoms. The summed E-state index contributed by atoms with van der Waals surface area (Å²) in [4.78, 5) is 16.2. The van der Waals surface area contributed by atoms with Crippen molar-refractivity contribution in [3.05, 3.63) is 0 Å². The predicted molar refractivity (Wildman–Crippen MR) is 65.7 cm³/mol. The third-order valence-corrected chi connectivity index (χ3v) is 3.43. The first kappa shape index (κ1) is 12.8. The van der Waals surface area contributed by atoms with Crippen molar-refractivity contribution in [1.82, 2.24) is 15.1 Å². The average Bonchev–Trinajstić information content (AvgIpc) is 2.13. The molecule has 5 nitrogen and oxygen atoms in total. The van der Waals surface area contributed by atoms with E-state index in [9.17, 15) is 9.90 Å². The van der Waals surface area contributed by atoms with Crippen LogP contribution in [0.3, 0.4) is 0 Å². The Kier molecular flexibility index (Phi) is 3.70. The third kappa shape index (κ3) is 3.40. The molecule has 0 bridgehead atoms. The molecule has 2 saturated heterocycles. The van der Waals surface area contributed by atoms with Crippen LogP contribution >= 0.6 is 0 Å². The summed E-state index contributed by atoms with van der Waals surface area (Å²) >= 11 is 0. The topological polar surface area (TPSA) is 55.8 Å². The highest BCUT2D eigenvalue weighted by molar-refractivity contribution is 5.80. The number of nitrogens with zero attached hydrogens (tertiary/aromatic N) is 2. The first-order chi connectivity index (χ1) is 7.96. The summed E-state index contributed by atoms with van der Waals surface area (Å²) in [5.74, 6) is 0.502. The standard InChI is InChI=1S/C12H23N3O2/c1-12(2,17)9-14-3-5-15(6-4-14)11(16)10-7-13-8-10/h10,13,17H,3-9H2,1-2H3. The van der Waals surface area contributed by atoms with Gasteiger partial charge in [-0.15, -0.1) is 0 Å². The monoisotopic (exact) mass is 241 g/mol. The number of nitrogens with one attached hydrogen (secondary N) is 1. The minimum Gasteiger partial charge on any atom is -0.389 e. The van der Waals surface area contributed by atoms with Gasteiger partial charge in [0.1, 0.15) is 0 Å². The molecule has 0 saturated carbocycles. The number of hydrogen-bond acceptors (Lipinski definition) is 4. The highest BCUT2D eigenvalue weighted by Crippen LogP contribution is 2.13. The van der Waals surface area contributed by atoms with Gasteiger partial charge < -0.3 is 15.3 Å². The smallest absolute Gasteiger partial charge is 0.228 e. The maximum absolute atomic E-state index is 12.0. The van der Waals surface area contributed by atoms with Gasteiger partial charge >= 0.3 is 0 Å². The van der Waals surface area contributed by atoms with Gasteiger partial charge in [-0.1, -0.05) is 0 Å². The number of β-amino-alcohol motifs (C(OH)–C–C–N with tert-alkyl or cyclic N) is 1. The van der Waals surface area contributed by atoms with Crippen LogP contribution in [-0.4, -0.2) is 72.2 Å². The fraction of sp³-hybridized carbons (Fsp3) is 0.917. The zero-order valence-electron chi connectivity index (χ0n) is 10.8. The summed E-state index contributed by atoms with van der Waals surface area (Å²) in [5.41, 5.74) is -0.649. The van der Waals surface area contributed by atoms with Crippen LogP contribution in [-0.2, 0) is 4.79 Å². The van der Waals surface area contributed by atoms with Gasteiger partial charge in [0.15, 0.2) is 0 Å². The molecule has 2 heterocycles. The van der Waals surface area contributed by atoms with Crippen LogP contribution in [0.4, 0.5) is 0 Å². The molecule has 2 rings (SSSR count). The third-order valence-electron chi connectivity index (χ3n) is 3.43. The second kappa shape index (κ2) is 4.92. The molecule has 0 radical (unpaired) electrons. The number of amides is 1. The van der Waals surface area contributed by atoms with E-state index in [2.05, 4.69) is 10.2 Å². The summed E-state index contributed by atoms with van der Waals surface area (Å²) in [5, 5.41) is 12.9. The van der Waals surface area contributed by atoms with Crippen molar-refractivity contribution in [3.8, 4) is 0 Å². The van der Waals surface area contributed by atoms with Crippen LogP contribution in [0.5, 0.6) is 0 Å². The largest absolute Gasteiger partial charge is 0.389 e. The lowest BCUT2D eigenvalue weighted by atomic mass is 10.0. The molecule has 0 aliphatic carbocycles. The second-order valence-electron chi connectivity index (χ2n) is 5.77. The molecule has 98 valence electrons. The molecule has 0 aromatic carbocycles. The van der Waals surface area contributed by atoms with Crippen molar-refractivity contribution in [1.29, 1.82) is 0 Å². The van der Waals surface area contributed by atoms with Crippen LogP contribution in [0.15, 0.2) is 0 Å². The molecule has 2 aliphatic rings. The van der Waals surface area contributed by atoms with Gasteiger partial charge in [-0.25, -0.2) is 0 Å². The molecular formula is C12H23N3O2. The van der Waals surface area contributed by atoms with E-state index in [0.29, 0.717) is 12.5 Å². The van der Waals surface area contributed by atoms with E-state index in [0.717, 1.165) is 39.3 Å². The molecule has 0 aromatic heterocycles. The van der Waals surface area contributed by atoms with E-state index in [1.807, 2.05) is 18.7 Å². The first-order valence-corrected chi connectivity index (χ1v) is 6.40. The summed E-state index contributed by atoms with van der Waals surface area (Å²) in [7, 11) is 0. The Bertz CT molecular complexity index is 276. The highest BCUT2D eigenvalue weighted by atomic mass is 16.3. The van der Waals surface area contributed by atoms with Gasteiger partial charge in [0.2, 0.25) is 5.91 Å². The lowest BCUT2D eigenvalue weighted by Crippen LogP contribution is -2.57. The number of rotatable bonds is 3. The van der Waals surface area contributed by atoms with Crippen molar-refractivity contribution < 1.29 is 9.90 Å². The van der Waals surface area contributed by atoms with Gasteiger partial charge in [-0.3, -0.25) is 9.69 Å². The highest BCUT2D eigenvalue weighted by Gasteiger charge is 2.31. The SMILES string of the molecule is CC(C)(O)CN1CCN(C(=O)C2CNC2)CC1. The van der Waals surface area contributed by atoms with Crippen molar-refractivity contribution in [2.75, 3.05) is 45.8 Å². The average molecular weight is 241 g/mol. The van der Waals surface area contributed by atoms with Gasteiger partial charge in [-0.2, -0.15) is 0 Å². The van der Waals surface area contributed by atoms with E-state index in [4.69, 9.17) is 0 Å². The zero-order chi connectivity index (χ0) is 12.5. The zero-order valence-corrected chi connectivity index (χ0v) is 10.8. The van der Waals surface area contributed by atoms with Crippen LogP contribution in [0, 0.1) is 5.92 Å². The molecule has 2 aliphatic heterocycles. The molecule has 0 spiro atoms. The van der Waals surface area contributed by atoms with Gasteiger partial charge in [-0.05, 0) is 13.8 Å². The maximum Gasteiger partial charge on any atom is 0.228 e. The van der Waals surface area contributed by atoms with Crippen LogP contribution < -0.4 is 5.32 Å². The minimum atomic E-state index is -0.649. The Balaban J connectivity index is 1.75. The van der Waals surface area contributed by atoms with E-state index in [-0.39, 0.29) is 5.92 Å². The Morgan fingerprint density at radius 1 is 1.29 bits per heavy atom. The quantitative estimate of drug-likeness (QED) is 0.674. The van der Waals surface area contributed by atoms with Crippen LogP contribution in [0.2, 0.25) is 0 Å². The fourth-order valence-corrected chi connectivity index (χ4v) is 2.40. The van der Waals surface area contributed by atoms with Crippen LogP contribution in [0.25, 0.3) is 0 Å². The molecule has 0 atom stereocenters. The van der Waals surface area contributed by atoms with Gasteiger partial charge in [0.25, 0.3) is 0 Å². The maximum atomic E-state index is 12.0. The molecule has 17 heavy (non-hydrogen) atoms. The summed E-state index contributed by atoms with van der Waals surface area (Å²) in [6.07, 6.45) is 0. The molecule has 1 amide bonds. The molecule has 0 aromatic rings. The number of carbonyl (C=O) groups is 1. The first-order valence-electron chi connectivity index (χ1n) is 6.40. The van der Waals surface area contributed by atoms with Crippen molar-refractivity contribution in [2.24, 2.45) is 5.92 Å². The summed E-state index contributed by atoms with van der Waals surface area (Å²) in [6, 6.07) is 0. The van der Waals surface area contributed by atoms with Gasteiger partial charge in [0, 0.05) is 45.8 Å². The fourth-order valence-electron chi connectivity index (χ4n) is 2.40. The summed E-state index contributed by atoms with van der Waals surface area (Å²) < 4.78 is 0. The number of hydrogen-bond donors (Lipinski definition) is 2. The van der Waals surface area contributed by atoms with E-state index in [1.54, 1.807) is 0 Å². The second-order valence-corrected chi connectivity index (χ2v) is 5.77. The van der Waals surface area contributed by atoms with Crippen molar-refractivity contribution in [2.45, 2.75) is 19.4 Å². The van der Waals surface area contributed by atoms with E-state index < -0.39 is 5.60 Å². The number of aliphatic hydroxyl groups is 1. The Morgan fingerprint density at radius 3 is 2.29 bits per heavy atom. The lowest BCUT2D eigenvalue weighted by Gasteiger charge is -2.40. The van der Waals surface area contributed by atoms with Gasteiger partial charge in [0.05, 0.1) is 11.5 Å². The van der Waals surface area contributed by atoms with E-state index >= 15 is 0 Å². The van der Waals surface area contributed by atoms with E-state index in [1.165, 1.54) is 0 Å². The molecule has 2 fully saturated rings. The van der Waals surface area contributed by atoms with Crippen LogP contribution in [0.1, 0.15) is 13.8 Å². The number of carbonyl (C=O) groups excluding carboxylic acids is 1. The Labute approximate surface area is 103 Å². The van der Waals surface area contributed by atoms with Crippen molar-refractivity contribution >= 4 is 5.91 Å². The molecule has 2 N–H and O–H groups in total. The lowest BCUT2D eigenvalue weighted by molar-refractivity contribution is -0.139. The summed E-state index contributed by atoms with van der Waals surface area (Å²) in [6.45, 7) is 9.34. The molecular weight excluding hydrogens is 218 g/mol. The normalized spacial score (nSPS) is 23.6. The van der Waals surface area contributed by atoms with Crippen molar-refractivity contribution in [3.63, 3.8) is 0 Å². The molecule has 0 unspecified atom stereocenters. The Hall–Kier alpha value is -0.650.